The van der Waals surface area contributed by atoms with Gasteiger partial charge in [-0.3, -0.25) is 0 Å². The van der Waals surface area contributed by atoms with Gasteiger partial charge in [-0.1, -0.05) is 218 Å². The molecule has 0 atom stereocenters. The standard InChI is InChI=1S/C58H38/c1-5-19-43(20-6-1)57(44-21-7-2-8-22-44)51-28-16-15-27-47(51)48-32-33-49-50-38-42(41-30-29-39-17-13-14-18-40(39)37-41)31-34-52(50)58(45-23-9-3-10-24-45,46-25-11-4-12-26-46)54-36-35-53(57)55(48)56(49)54/h1-38H. The van der Waals surface area contributed by atoms with Crippen LogP contribution in [0.15, 0.2) is 231 Å². The molecule has 0 saturated heterocycles. The van der Waals surface area contributed by atoms with Crippen LogP contribution in [0.3, 0.4) is 0 Å². The second-order valence-electron chi connectivity index (χ2n) is 15.9. The van der Waals surface area contributed by atoms with Gasteiger partial charge in [-0.2, -0.15) is 0 Å². The quantitative estimate of drug-likeness (QED) is 0.165. The molecule has 58 heavy (non-hydrogen) atoms. The summed E-state index contributed by atoms with van der Waals surface area (Å²) in [5, 5.41) is 5.17. The van der Waals surface area contributed by atoms with Crippen molar-refractivity contribution in [2.45, 2.75) is 10.8 Å². The highest BCUT2D eigenvalue weighted by Crippen LogP contribution is 2.62. The molecule has 0 amide bonds. The average Bonchev–Trinajstić information content (AvgIpc) is 3.31. The molecule has 0 bridgehead atoms. The summed E-state index contributed by atoms with van der Waals surface area (Å²) in [6.45, 7) is 0. The van der Waals surface area contributed by atoms with Gasteiger partial charge in [-0.05, 0) is 112 Å². The van der Waals surface area contributed by atoms with Crippen molar-refractivity contribution in [3.8, 4) is 33.4 Å². The number of hydrogen-bond donors (Lipinski definition) is 0. The summed E-state index contributed by atoms with van der Waals surface area (Å²) >= 11 is 0. The highest BCUT2D eigenvalue weighted by atomic mass is 14.5. The van der Waals surface area contributed by atoms with Crippen LogP contribution in [0.4, 0.5) is 0 Å². The van der Waals surface area contributed by atoms with E-state index in [1.165, 1.54) is 99.4 Å². The molecule has 0 radical (unpaired) electrons. The molecule has 0 unspecified atom stereocenters. The van der Waals surface area contributed by atoms with E-state index >= 15 is 0 Å². The summed E-state index contributed by atoms with van der Waals surface area (Å²) in [6, 6.07) is 86.5. The molecule has 2 aliphatic carbocycles. The maximum Gasteiger partial charge on any atom is 0.0713 e. The number of benzene rings is 10. The van der Waals surface area contributed by atoms with Crippen molar-refractivity contribution in [3.63, 3.8) is 0 Å². The minimum Gasteiger partial charge on any atom is -0.0622 e. The van der Waals surface area contributed by atoms with Crippen LogP contribution in [0.5, 0.6) is 0 Å². The molecular weight excluding hydrogens is 697 g/mol. The first kappa shape index (κ1) is 32.9. The molecule has 10 aromatic rings. The lowest BCUT2D eigenvalue weighted by Gasteiger charge is -2.46. The Bertz CT molecular complexity index is 3120. The van der Waals surface area contributed by atoms with Gasteiger partial charge in [0.15, 0.2) is 0 Å². The zero-order valence-electron chi connectivity index (χ0n) is 31.9. The van der Waals surface area contributed by atoms with Gasteiger partial charge in [0.25, 0.3) is 0 Å². The van der Waals surface area contributed by atoms with Crippen LogP contribution in [0, 0.1) is 0 Å². The number of hydrogen-bond acceptors (Lipinski definition) is 0. The van der Waals surface area contributed by atoms with Crippen molar-refractivity contribution in [2.75, 3.05) is 0 Å². The first-order valence-corrected chi connectivity index (χ1v) is 20.3. The van der Waals surface area contributed by atoms with Crippen molar-refractivity contribution in [1.82, 2.24) is 0 Å². The lowest BCUT2D eigenvalue weighted by Crippen LogP contribution is -2.36. The number of fused-ring (bicyclic) bond motifs is 5. The predicted octanol–water partition coefficient (Wildman–Crippen LogP) is 14.4. The van der Waals surface area contributed by atoms with Gasteiger partial charge in [-0.25, -0.2) is 0 Å². The normalized spacial score (nSPS) is 14.1. The molecule has 0 heterocycles. The van der Waals surface area contributed by atoms with Gasteiger partial charge in [0.1, 0.15) is 0 Å². The van der Waals surface area contributed by atoms with Gasteiger partial charge in [0.05, 0.1) is 10.8 Å². The van der Waals surface area contributed by atoms with Gasteiger partial charge >= 0.3 is 0 Å². The van der Waals surface area contributed by atoms with Crippen LogP contribution in [0.1, 0.15) is 44.5 Å². The van der Waals surface area contributed by atoms with E-state index in [-0.39, 0.29) is 0 Å². The third kappa shape index (κ3) is 4.40. The molecule has 0 heteroatoms. The zero-order valence-corrected chi connectivity index (χ0v) is 31.9. The molecule has 270 valence electrons. The second-order valence-corrected chi connectivity index (χ2v) is 15.9. The molecule has 0 nitrogen and oxygen atoms in total. The Kier molecular flexibility index (Phi) is 7.16. The summed E-state index contributed by atoms with van der Waals surface area (Å²) in [5.41, 5.74) is 16.8. The topological polar surface area (TPSA) is 0 Å². The highest BCUT2D eigenvalue weighted by molar-refractivity contribution is 6.15. The molecule has 2 aliphatic rings. The molecule has 0 saturated carbocycles. The SMILES string of the molecule is c1ccc(C2(c3ccccc3)c3ccccc3-c3ccc4c5c(ccc2c35)C(c2ccccc2)(c2ccccc2)c2ccc(-c3ccc5ccccc5c3)cc2-4)cc1. The maximum absolute atomic E-state index is 2.49. The fourth-order valence-corrected chi connectivity index (χ4v) is 10.9. The van der Waals surface area contributed by atoms with Crippen LogP contribution < -0.4 is 0 Å². The van der Waals surface area contributed by atoms with Gasteiger partial charge in [0, 0.05) is 0 Å². The Morgan fingerprint density at radius 1 is 0.224 bits per heavy atom. The van der Waals surface area contributed by atoms with Crippen LogP contribution in [0.2, 0.25) is 0 Å². The van der Waals surface area contributed by atoms with E-state index < -0.39 is 10.8 Å². The monoisotopic (exact) mass is 734 g/mol. The Hall–Kier alpha value is -7.28. The fraction of sp³-hybridized carbons (Fsp3) is 0.0345. The molecule has 0 spiro atoms. The largest absolute Gasteiger partial charge is 0.0713 e. The van der Waals surface area contributed by atoms with Crippen LogP contribution >= 0.6 is 0 Å². The third-order valence-corrected chi connectivity index (χ3v) is 13.2. The molecular formula is C58H38. The van der Waals surface area contributed by atoms with Gasteiger partial charge in [0.2, 0.25) is 0 Å². The van der Waals surface area contributed by atoms with Crippen LogP contribution in [0.25, 0.3) is 54.9 Å². The maximum atomic E-state index is 2.49. The summed E-state index contributed by atoms with van der Waals surface area (Å²) in [6.07, 6.45) is 0. The van der Waals surface area contributed by atoms with Crippen LogP contribution in [-0.4, -0.2) is 0 Å². The summed E-state index contributed by atoms with van der Waals surface area (Å²) in [7, 11) is 0. The minimum atomic E-state index is -0.580. The summed E-state index contributed by atoms with van der Waals surface area (Å²) in [4.78, 5) is 0. The molecule has 12 rings (SSSR count). The lowest BCUT2D eigenvalue weighted by molar-refractivity contribution is 0.735. The van der Waals surface area contributed by atoms with Crippen molar-refractivity contribution < 1.29 is 0 Å². The Morgan fingerprint density at radius 3 is 1.17 bits per heavy atom. The fourth-order valence-electron chi connectivity index (χ4n) is 10.9. The molecule has 0 aliphatic heterocycles. The zero-order chi connectivity index (χ0) is 38.3. The van der Waals surface area contributed by atoms with Crippen molar-refractivity contribution in [2.24, 2.45) is 0 Å². The predicted molar refractivity (Wildman–Crippen MR) is 241 cm³/mol. The molecule has 0 fully saturated rings. The van der Waals surface area contributed by atoms with E-state index in [0.29, 0.717) is 0 Å². The third-order valence-electron chi connectivity index (χ3n) is 13.2. The van der Waals surface area contributed by atoms with E-state index in [4.69, 9.17) is 0 Å². The Labute approximate surface area is 339 Å². The first-order valence-electron chi connectivity index (χ1n) is 20.3. The highest BCUT2D eigenvalue weighted by Gasteiger charge is 2.49. The Balaban J connectivity index is 1.27. The van der Waals surface area contributed by atoms with Crippen molar-refractivity contribution in [3.05, 3.63) is 275 Å². The van der Waals surface area contributed by atoms with E-state index in [9.17, 15) is 0 Å². The molecule has 0 N–H and O–H groups in total. The lowest BCUT2D eigenvalue weighted by atomic mass is 9.55. The van der Waals surface area contributed by atoms with Crippen molar-refractivity contribution in [1.29, 1.82) is 0 Å². The van der Waals surface area contributed by atoms with Crippen LogP contribution in [-0.2, 0) is 10.8 Å². The van der Waals surface area contributed by atoms with E-state index in [1.807, 2.05) is 0 Å². The molecule has 10 aromatic carbocycles. The minimum absolute atomic E-state index is 0.543. The average molecular weight is 735 g/mol. The van der Waals surface area contributed by atoms with E-state index in [1.54, 1.807) is 0 Å². The second kappa shape index (κ2) is 12.6. The smallest absolute Gasteiger partial charge is 0.0622 e. The summed E-state index contributed by atoms with van der Waals surface area (Å²) < 4.78 is 0. The Morgan fingerprint density at radius 2 is 0.621 bits per heavy atom. The van der Waals surface area contributed by atoms with Gasteiger partial charge < -0.3 is 0 Å². The summed E-state index contributed by atoms with van der Waals surface area (Å²) in [5.74, 6) is 0. The first-order chi connectivity index (χ1) is 28.8. The van der Waals surface area contributed by atoms with E-state index in [0.717, 1.165) is 0 Å². The van der Waals surface area contributed by atoms with Gasteiger partial charge in [-0.15, -0.1) is 0 Å². The van der Waals surface area contributed by atoms with Crippen molar-refractivity contribution >= 4 is 21.5 Å². The molecule has 0 aromatic heterocycles. The van der Waals surface area contributed by atoms with E-state index in [2.05, 4.69) is 231 Å². The number of rotatable bonds is 5.